The lowest BCUT2D eigenvalue weighted by Crippen LogP contribution is -2.17. The molecule has 3 aromatic rings. The number of halogens is 3. The number of aryl methyl sites for hydroxylation is 1. The van der Waals surface area contributed by atoms with E-state index in [4.69, 9.17) is 4.74 Å². The van der Waals surface area contributed by atoms with Crippen LogP contribution in [0.5, 0.6) is 0 Å². The summed E-state index contributed by atoms with van der Waals surface area (Å²) >= 11 is 1.06. The van der Waals surface area contributed by atoms with Crippen LogP contribution >= 0.6 is 11.3 Å². The van der Waals surface area contributed by atoms with Crippen molar-refractivity contribution in [2.75, 3.05) is 6.61 Å². The van der Waals surface area contributed by atoms with Crippen molar-refractivity contribution in [2.45, 2.75) is 20.0 Å². The number of aromatic nitrogens is 2. The SMILES string of the molecule is CCOC(=O)c1sc2ncn(/N=C/c3ccc(C(F)(F)F)cc3)c(=O)c2c1C. The second-order valence-electron chi connectivity index (χ2n) is 5.72. The van der Waals surface area contributed by atoms with Gasteiger partial charge in [-0.1, -0.05) is 12.1 Å². The molecule has 0 unspecified atom stereocenters. The van der Waals surface area contributed by atoms with Gasteiger partial charge in [-0.25, -0.2) is 9.78 Å². The average molecular weight is 409 g/mol. The second kappa shape index (κ2) is 7.55. The van der Waals surface area contributed by atoms with Crippen LogP contribution in [-0.2, 0) is 10.9 Å². The maximum Gasteiger partial charge on any atom is 0.416 e. The first-order chi connectivity index (χ1) is 13.2. The highest BCUT2D eigenvalue weighted by molar-refractivity contribution is 7.20. The third kappa shape index (κ3) is 3.81. The Morgan fingerprint density at radius 1 is 1.32 bits per heavy atom. The molecule has 6 nitrogen and oxygen atoms in total. The Hall–Kier alpha value is -3.01. The molecule has 1 aromatic carbocycles. The van der Waals surface area contributed by atoms with Crippen LogP contribution in [0.2, 0.25) is 0 Å². The van der Waals surface area contributed by atoms with Crippen molar-refractivity contribution in [2.24, 2.45) is 5.10 Å². The number of nitrogens with zero attached hydrogens (tertiary/aromatic N) is 3. The largest absolute Gasteiger partial charge is 0.462 e. The lowest BCUT2D eigenvalue weighted by atomic mass is 10.1. The van der Waals surface area contributed by atoms with E-state index in [9.17, 15) is 22.8 Å². The predicted molar refractivity (Wildman–Crippen MR) is 99.0 cm³/mol. The minimum atomic E-state index is -4.42. The summed E-state index contributed by atoms with van der Waals surface area (Å²) in [5.74, 6) is -0.526. The molecule has 2 aromatic heterocycles. The van der Waals surface area contributed by atoms with E-state index in [0.717, 1.165) is 28.1 Å². The molecule has 0 atom stereocenters. The fourth-order valence-electron chi connectivity index (χ4n) is 2.48. The normalized spacial score (nSPS) is 12.0. The number of thiophene rings is 1. The van der Waals surface area contributed by atoms with Gasteiger partial charge in [0.2, 0.25) is 0 Å². The molecule has 0 saturated carbocycles. The van der Waals surface area contributed by atoms with Crippen molar-refractivity contribution < 1.29 is 22.7 Å². The lowest BCUT2D eigenvalue weighted by molar-refractivity contribution is -0.137. The zero-order chi connectivity index (χ0) is 20.5. The highest BCUT2D eigenvalue weighted by Gasteiger charge is 2.29. The molecule has 0 fully saturated rings. The minimum absolute atomic E-state index is 0.210. The summed E-state index contributed by atoms with van der Waals surface area (Å²) in [6.45, 7) is 3.52. The Kier molecular flexibility index (Phi) is 5.32. The molecule has 0 aliphatic heterocycles. The Balaban J connectivity index is 1.95. The molecule has 0 aliphatic carbocycles. The number of hydrogen-bond donors (Lipinski definition) is 0. The van der Waals surface area contributed by atoms with Gasteiger partial charge in [0, 0.05) is 0 Å². The lowest BCUT2D eigenvalue weighted by Gasteiger charge is -2.05. The molecule has 0 saturated heterocycles. The van der Waals surface area contributed by atoms with Crippen molar-refractivity contribution in [3.05, 3.63) is 62.5 Å². The van der Waals surface area contributed by atoms with Crippen LogP contribution in [0.4, 0.5) is 13.2 Å². The predicted octanol–water partition coefficient (Wildman–Crippen LogP) is 3.84. The van der Waals surface area contributed by atoms with Gasteiger partial charge in [-0.15, -0.1) is 11.3 Å². The Labute approximate surface area is 160 Å². The number of rotatable bonds is 4. The monoisotopic (exact) mass is 409 g/mol. The van der Waals surface area contributed by atoms with E-state index in [1.54, 1.807) is 13.8 Å². The molecule has 10 heteroatoms. The van der Waals surface area contributed by atoms with Crippen molar-refractivity contribution >= 4 is 33.7 Å². The summed E-state index contributed by atoms with van der Waals surface area (Å²) in [6, 6.07) is 4.36. The van der Waals surface area contributed by atoms with Gasteiger partial charge in [0.25, 0.3) is 5.56 Å². The van der Waals surface area contributed by atoms with Crippen LogP contribution in [0, 0.1) is 6.92 Å². The molecule has 0 bridgehead atoms. The summed E-state index contributed by atoms with van der Waals surface area (Å²) in [5.41, 5.74) is -0.424. The smallest absolute Gasteiger partial charge is 0.416 e. The summed E-state index contributed by atoms with van der Waals surface area (Å²) in [5, 5.41) is 4.22. The Morgan fingerprint density at radius 3 is 2.61 bits per heavy atom. The molecule has 0 N–H and O–H groups in total. The van der Waals surface area contributed by atoms with Gasteiger partial charge in [-0.05, 0) is 37.1 Å². The van der Waals surface area contributed by atoms with Crippen LogP contribution in [-0.4, -0.2) is 28.5 Å². The zero-order valence-electron chi connectivity index (χ0n) is 14.8. The van der Waals surface area contributed by atoms with Crippen LogP contribution in [0.3, 0.4) is 0 Å². The highest BCUT2D eigenvalue weighted by Crippen LogP contribution is 2.29. The molecule has 0 radical (unpaired) electrons. The van der Waals surface area contributed by atoms with Gasteiger partial charge in [0.15, 0.2) is 0 Å². The summed E-state index contributed by atoms with van der Waals surface area (Å²) in [4.78, 5) is 29.5. The topological polar surface area (TPSA) is 73.5 Å². The first-order valence-corrected chi connectivity index (χ1v) is 8.93. The first-order valence-electron chi connectivity index (χ1n) is 8.12. The molecule has 146 valence electrons. The maximum absolute atomic E-state index is 12.7. The molecule has 0 amide bonds. The van der Waals surface area contributed by atoms with E-state index >= 15 is 0 Å². The van der Waals surface area contributed by atoms with Gasteiger partial charge >= 0.3 is 12.1 Å². The van der Waals surface area contributed by atoms with Crippen LogP contribution < -0.4 is 5.56 Å². The van der Waals surface area contributed by atoms with Crippen molar-refractivity contribution in [3.8, 4) is 0 Å². The van der Waals surface area contributed by atoms with E-state index in [-0.39, 0.29) is 12.0 Å². The van der Waals surface area contributed by atoms with Crippen molar-refractivity contribution in [1.29, 1.82) is 0 Å². The average Bonchev–Trinajstić information content (AvgIpc) is 2.98. The van der Waals surface area contributed by atoms with Gasteiger partial charge in [0.05, 0.1) is 23.8 Å². The number of esters is 1. The molecule has 2 heterocycles. The number of carbonyl (C=O) groups excluding carboxylic acids is 1. The molecule has 0 aliphatic rings. The van der Waals surface area contributed by atoms with Crippen LogP contribution in [0.15, 0.2) is 40.5 Å². The summed E-state index contributed by atoms with van der Waals surface area (Å²) < 4.78 is 43.7. The molecular weight excluding hydrogens is 395 g/mol. The fourth-order valence-corrected chi connectivity index (χ4v) is 3.51. The number of carbonyl (C=O) groups is 1. The first kappa shape index (κ1) is 19.7. The number of alkyl halides is 3. The number of benzene rings is 1. The maximum atomic E-state index is 12.7. The fraction of sp³-hybridized carbons (Fsp3) is 0.222. The van der Waals surface area contributed by atoms with E-state index in [1.165, 1.54) is 24.7 Å². The minimum Gasteiger partial charge on any atom is -0.462 e. The zero-order valence-corrected chi connectivity index (χ0v) is 15.6. The molecule has 0 spiro atoms. The van der Waals surface area contributed by atoms with Crippen LogP contribution in [0.1, 0.15) is 33.3 Å². The summed E-state index contributed by atoms with van der Waals surface area (Å²) in [7, 11) is 0. The van der Waals surface area contributed by atoms with Gasteiger partial charge in [-0.3, -0.25) is 4.79 Å². The van der Waals surface area contributed by atoms with Crippen molar-refractivity contribution in [1.82, 2.24) is 9.66 Å². The molecule has 28 heavy (non-hydrogen) atoms. The van der Waals surface area contributed by atoms with E-state index in [2.05, 4.69) is 10.1 Å². The standard InChI is InChI=1S/C18H14F3N3O3S/c1-3-27-17(26)14-10(2)13-15(28-14)22-9-24(16(13)25)23-8-11-4-6-12(7-5-11)18(19,20)21/h4-9H,3H2,1-2H3/b23-8+. The number of ether oxygens (including phenoxy) is 1. The summed E-state index contributed by atoms with van der Waals surface area (Å²) in [6.07, 6.45) is -1.98. The van der Waals surface area contributed by atoms with Gasteiger partial charge < -0.3 is 4.74 Å². The number of hydrogen-bond acceptors (Lipinski definition) is 6. The van der Waals surface area contributed by atoms with Crippen molar-refractivity contribution in [3.63, 3.8) is 0 Å². The molecular formula is C18H14F3N3O3S. The highest BCUT2D eigenvalue weighted by atomic mass is 32.1. The quantitative estimate of drug-likeness (QED) is 0.485. The van der Waals surface area contributed by atoms with E-state index < -0.39 is 23.3 Å². The Bertz CT molecular complexity index is 1120. The second-order valence-corrected chi connectivity index (χ2v) is 6.71. The Morgan fingerprint density at radius 2 is 2.00 bits per heavy atom. The number of fused-ring (bicyclic) bond motifs is 1. The van der Waals surface area contributed by atoms with Crippen LogP contribution in [0.25, 0.3) is 10.2 Å². The van der Waals surface area contributed by atoms with E-state index in [1.807, 2.05) is 0 Å². The third-order valence-electron chi connectivity index (χ3n) is 3.86. The van der Waals surface area contributed by atoms with E-state index in [0.29, 0.717) is 20.8 Å². The van der Waals surface area contributed by atoms with Gasteiger partial charge in [-0.2, -0.15) is 22.9 Å². The van der Waals surface area contributed by atoms with Gasteiger partial charge in [0.1, 0.15) is 16.0 Å². The third-order valence-corrected chi connectivity index (χ3v) is 5.04. The molecule has 3 rings (SSSR count).